The first kappa shape index (κ1) is 18.4. The van der Waals surface area contributed by atoms with E-state index in [-0.39, 0.29) is 0 Å². The summed E-state index contributed by atoms with van der Waals surface area (Å²) in [6.45, 7) is 0. The van der Waals surface area contributed by atoms with E-state index >= 15 is 0 Å². The van der Waals surface area contributed by atoms with E-state index in [0.29, 0.717) is 0 Å². The summed E-state index contributed by atoms with van der Waals surface area (Å²) in [5.41, 5.74) is 6.31. The molecule has 0 aliphatic rings. The van der Waals surface area contributed by atoms with Crippen LogP contribution in [0.3, 0.4) is 0 Å². The molecule has 0 saturated heterocycles. The van der Waals surface area contributed by atoms with Gasteiger partial charge in [0.2, 0.25) is 0 Å². The molecule has 0 fully saturated rings. The summed E-state index contributed by atoms with van der Waals surface area (Å²) in [7, 11) is 2.19. The summed E-state index contributed by atoms with van der Waals surface area (Å²) in [6.07, 6.45) is 0. The predicted molar refractivity (Wildman–Crippen MR) is 148 cm³/mol. The lowest BCUT2D eigenvalue weighted by atomic mass is 10.1. The van der Waals surface area contributed by atoms with E-state index in [0.717, 1.165) is 0 Å². The minimum Gasteiger partial charge on any atom is -0.342 e. The van der Waals surface area contributed by atoms with E-state index in [4.69, 9.17) is 0 Å². The summed E-state index contributed by atoms with van der Waals surface area (Å²) < 4.78 is 7.55. The number of hydrogen-bond acceptors (Lipinski definition) is 1. The highest BCUT2D eigenvalue weighted by Crippen LogP contribution is 2.44. The summed E-state index contributed by atoms with van der Waals surface area (Å²) in [5.74, 6) is 0. The van der Waals surface area contributed by atoms with E-state index in [2.05, 4.69) is 119 Å². The molecule has 2 nitrogen and oxygen atoms in total. The molecule has 0 amide bonds. The van der Waals surface area contributed by atoms with Crippen LogP contribution in [0.15, 0.2) is 103 Å². The number of aryl methyl sites for hydroxylation is 1. The number of hydrogen-bond donors (Lipinski definition) is 0. The smallest absolute Gasteiger partial charge is 0.0733 e. The Balaban J connectivity index is 1.65. The molecule has 0 unspecified atom stereocenters. The fourth-order valence-electron chi connectivity index (χ4n) is 5.88. The Hall–Kier alpha value is -4.08. The topological polar surface area (TPSA) is 9.86 Å². The van der Waals surface area contributed by atoms with Gasteiger partial charge in [0.15, 0.2) is 0 Å². The molecule has 34 heavy (non-hydrogen) atoms. The van der Waals surface area contributed by atoms with Gasteiger partial charge in [-0.1, -0.05) is 78.9 Å². The quantitative estimate of drug-likeness (QED) is 0.235. The van der Waals surface area contributed by atoms with Crippen LogP contribution < -0.4 is 0 Å². The van der Waals surface area contributed by atoms with E-state index in [1.165, 1.54) is 69.5 Å². The van der Waals surface area contributed by atoms with Crippen molar-refractivity contribution in [2.45, 2.75) is 0 Å². The largest absolute Gasteiger partial charge is 0.342 e. The number of fused-ring (bicyclic) bond motifs is 10. The number of aromatic nitrogens is 2. The highest BCUT2D eigenvalue weighted by Gasteiger charge is 2.20. The molecule has 8 rings (SSSR count). The summed E-state index contributed by atoms with van der Waals surface area (Å²) in [6, 6.07) is 37.7. The van der Waals surface area contributed by atoms with Crippen LogP contribution in [-0.2, 0) is 7.05 Å². The van der Waals surface area contributed by atoms with Crippen LogP contribution in [0.5, 0.6) is 0 Å². The minimum absolute atomic E-state index is 1.23. The van der Waals surface area contributed by atoms with Crippen molar-refractivity contribution >= 4 is 75.1 Å². The zero-order valence-corrected chi connectivity index (χ0v) is 19.4. The van der Waals surface area contributed by atoms with Crippen LogP contribution >= 0.6 is 11.3 Å². The lowest BCUT2D eigenvalue weighted by molar-refractivity contribution is 1.00. The number of para-hydroxylation sites is 3. The van der Waals surface area contributed by atoms with Crippen molar-refractivity contribution in [1.29, 1.82) is 0 Å². The third-order valence-electron chi connectivity index (χ3n) is 7.33. The first-order valence-electron chi connectivity index (χ1n) is 11.6. The molecule has 0 radical (unpaired) electrons. The predicted octanol–water partition coefficient (Wildman–Crippen LogP) is 8.80. The van der Waals surface area contributed by atoms with Crippen molar-refractivity contribution < 1.29 is 0 Å². The second-order valence-electron chi connectivity index (χ2n) is 9.04. The van der Waals surface area contributed by atoms with Crippen molar-refractivity contribution in [3.8, 4) is 5.69 Å². The van der Waals surface area contributed by atoms with Gasteiger partial charge in [0.05, 0.1) is 26.9 Å². The third-order valence-corrected chi connectivity index (χ3v) is 8.52. The maximum atomic E-state index is 2.50. The molecular weight excluding hydrogens is 432 g/mol. The average molecular weight is 453 g/mol. The molecule has 3 heteroatoms. The summed E-state index contributed by atoms with van der Waals surface area (Å²) in [4.78, 5) is 0. The number of rotatable bonds is 1. The first-order valence-corrected chi connectivity index (χ1v) is 12.4. The Morgan fingerprint density at radius 2 is 1.12 bits per heavy atom. The second kappa shape index (κ2) is 6.49. The van der Waals surface area contributed by atoms with Crippen LogP contribution in [0.1, 0.15) is 0 Å². The van der Waals surface area contributed by atoms with E-state index in [1.807, 2.05) is 11.3 Å². The summed E-state index contributed by atoms with van der Waals surface area (Å²) in [5, 5.41) is 7.88. The Kier molecular flexibility index (Phi) is 3.51. The van der Waals surface area contributed by atoms with Gasteiger partial charge < -0.3 is 9.13 Å². The fourth-order valence-corrected chi connectivity index (χ4v) is 7.12. The SMILES string of the molecule is Cn1c2ccccc2c2cccc(-n3c4ccccc4c4ccc5c6ccccc6sc5c43)c21. The van der Waals surface area contributed by atoms with Crippen LogP contribution in [-0.4, -0.2) is 9.13 Å². The second-order valence-corrected chi connectivity index (χ2v) is 10.1. The zero-order chi connectivity index (χ0) is 22.4. The van der Waals surface area contributed by atoms with Crippen LogP contribution in [0, 0.1) is 0 Å². The van der Waals surface area contributed by atoms with E-state index < -0.39 is 0 Å². The molecule has 0 saturated carbocycles. The molecule has 0 aliphatic heterocycles. The minimum atomic E-state index is 1.23. The Morgan fingerprint density at radius 3 is 1.97 bits per heavy atom. The van der Waals surface area contributed by atoms with Crippen LogP contribution in [0.4, 0.5) is 0 Å². The molecule has 0 aliphatic carbocycles. The van der Waals surface area contributed by atoms with Crippen molar-refractivity contribution in [1.82, 2.24) is 9.13 Å². The molecule has 5 aromatic carbocycles. The van der Waals surface area contributed by atoms with Gasteiger partial charge >= 0.3 is 0 Å². The number of benzene rings is 5. The molecular formula is C31H20N2S. The Morgan fingerprint density at radius 1 is 0.500 bits per heavy atom. The number of thiophene rings is 1. The molecule has 0 atom stereocenters. The zero-order valence-electron chi connectivity index (χ0n) is 18.6. The Bertz CT molecular complexity index is 2080. The van der Waals surface area contributed by atoms with Crippen LogP contribution in [0.25, 0.3) is 69.5 Å². The molecule has 8 aromatic rings. The van der Waals surface area contributed by atoms with Crippen molar-refractivity contribution in [3.63, 3.8) is 0 Å². The summed E-state index contributed by atoms with van der Waals surface area (Å²) >= 11 is 1.90. The average Bonchev–Trinajstić information content (AvgIpc) is 3.52. The van der Waals surface area contributed by atoms with Gasteiger partial charge in [-0.25, -0.2) is 0 Å². The number of nitrogens with zero attached hydrogens (tertiary/aromatic N) is 2. The van der Waals surface area contributed by atoms with Gasteiger partial charge in [0, 0.05) is 49.6 Å². The van der Waals surface area contributed by atoms with Gasteiger partial charge in [-0.15, -0.1) is 11.3 Å². The van der Waals surface area contributed by atoms with Gasteiger partial charge in [0.25, 0.3) is 0 Å². The molecule has 3 aromatic heterocycles. The van der Waals surface area contributed by atoms with E-state index in [1.54, 1.807) is 0 Å². The molecule has 0 spiro atoms. The van der Waals surface area contributed by atoms with E-state index in [9.17, 15) is 0 Å². The fraction of sp³-hybridized carbons (Fsp3) is 0.0323. The molecule has 3 heterocycles. The lowest BCUT2D eigenvalue weighted by Crippen LogP contribution is -1.98. The lowest BCUT2D eigenvalue weighted by Gasteiger charge is -2.12. The molecule has 160 valence electrons. The monoisotopic (exact) mass is 452 g/mol. The van der Waals surface area contributed by atoms with Crippen LogP contribution in [0.2, 0.25) is 0 Å². The molecule has 0 N–H and O–H groups in total. The normalized spacial score (nSPS) is 12.3. The van der Waals surface area contributed by atoms with Gasteiger partial charge in [-0.05, 0) is 24.3 Å². The highest BCUT2D eigenvalue weighted by molar-refractivity contribution is 7.26. The maximum Gasteiger partial charge on any atom is 0.0733 e. The van der Waals surface area contributed by atoms with Crippen molar-refractivity contribution in [2.75, 3.05) is 0 Å². The molecule has 0 bridgehead atoms. The first-order chi connectivity index (χ1) is 16.8. The standard InChI is InChI=1S/C31H20N2S/c1-32-25-13-5-2-9-19(25)22-12-8-15-27(29(22)32)33-26-14-6-3-10-20(26)23-17-18-24-21-11-4-7-16-28(21)34-31(24)30(23)33/h2-18H,1H3. The van der Waals surface area contributed by atoms with Crippen molar-refractivity contribution in [3.05, 3.63) is 103 Å². The maximum absolute atomic E-state index is 2.50. The van der Waals surface area contributed by atoms with Gasteiger partial charge in [-0.3, -0.25) is 0 Å². The third kappa shape index (κ3) is 2.20. The van der Waals surface area contributed by atoms with Gasteiger partial charge in [-0.2, -0.15) is 0 Å². The Labute approximate surface area is 199 Å². The van der Waals surface area contributed by atoms with Crippen molar-refractivity contribution in [2.24, 2.45) is 7.05 Å². The highest BCUT2D eigenvalue weighted by atomic mass is 32.1. The van der Waals surface area contributed by atoms with Gasteiger partial charge in [0.1, 0.15) is 0 Å².